The zero-order chi connectivity index (χ0) is 13.2. The highest BCUT2D eigenvalue weighted by Crippen LogP contribution is 2.17. The number of halogens is 1. The Labute approximate surface area is 104 Å². The number of aryl methyl sites for hydroxylation is 1. The van der Waals surface area contributed by atoms with Gasteiger partial charge in [-0.15, -0.1) is 0 Å². The summed E-state index contributed by atoms with van der Waals surface area (Å²) in [5.74, 6) is -0.815. The second-order valence-corrected chi connectivity index (χ2v) is 5.92. The lowest BCUT2D eigenvalue weighted by molar-refractivity contribution is 0.577. The fraction of sp³-hybridized carbons (Fsp3) is 0.182. The highest BCUT2D eigenvalue weighted by molar-refractivity contribution is 7.91. The van der Waals surface area contributed by atoms with Crippen molar-refractivity contribution in [1.29, 1.82) is 0 Å². The lowest BCUT2D eigenvalue weighted by Crippen LogP contribution is -2.14. The molecule has 2 rings (SSSR count). The van der Waals surface area contributed by atoms with Gasteiger partial charge in [0.25, 0.3) is 0 Å². The molecule has 1 heterocycles. The molecule has 0 aliphatic rings. The number of hydrogen-bond acceptors (Lipinski definition) is 4. The molecule has 7 heteroatoms. The van der Waals surface area contributed by atoms with Crippen LogP contribution in [0.15, 0.2) is 41.6 Å². The van der Waals surface area contributed by atoms with Gasteiger partial charge in [0.05, 0.1) is 17.2 Å². The van der Waals surface area contributed by atoms with Crippen LogP contribution in [-0.4, -0.2) is 24.0 Å². The number of sulfone groups is 1. The first-order valence-electron chi connectivity index (χ1n) is 5.24. The number of hydrogen-bond donors (Lipinski definition) is 1. The molecule has 0 bridgehead atoms. The Kier molecular flexibility index (Phi) is 3.33. The number of aromatic nitrogens is 2. The van der Waals surface area contributed by atoms with Gasteiger partial charge in [-0.1, -0.05) is 0 Å². The summed E-state index contributed by atoms with van der Waals surface area (Å²) < 4.78 is 38.5. The molecule has 2 N–H and O–H groups in total. The maximum absolute atomic E-state index is 13.1. The molecule has 0 saturated heterocycles. The van der Waals surface area contributed by atoms with Crippen LogP contribution in [0.3, 0.4) is 0 Å². The van der Waals surface area contributed by atoms with Gasteiger partial charge in [0.15, 0.2) is 9.84 Å². The molecule has 96 valence electrons. The van der Waals surface area contributed by atoms with E-state index in [1.807, 2.05) is 0 Å². The quantitative estimate of drug-likeness (QED) is 0.842. The maximum Gasteiger partial charge on any atom is 0.180 e. The SMILES string of the molecule is Nc1cc(F)cc(S(=O)(=O)CCn2cccn2)c1. The lowest BCUT2D eigenvalue weighted by atomic mass is 10.3. The molecule has 0 fully saturated rings. The monoisotopic (exact) mass is 269 g/mol. The molecule has 1 aromatic heterocycles. The highest BCUT2D eigenvalue weighted by atomic mass is 32.2. The van der Waals surface area contributed by atoms with Gasteiger partial charge in [-0.2, -0.15) is 5.10 Å². The van der Waals surface area contributed by atoms with Crippen LogP contribution < -0.4 is 5.73 Å². The molecule has 0 aliphatic carbocycles. The Morgan fingerprint density at radius 1 is 1.33 bits per heavy atom. The first-order chi connectivity index (χ1) is 8.47. The second kappa shape index (κ2) is 4.77. The Hall–Kier alpha value is -1.89. The topological polar surface area (TPSA) is 78.0 Å². The largest absolute Gasteiger partial charge is 0.399 e. The Balaban J connectivity index is 2.20. The molecule has 18 heavy (non-hydrogen) atoms. The third-order valence-corrected chi connectivity index (χ3v) is 4.08. The van der Waals surface area contributed by atoms with E-state index in [-0.39, 0.29) is 22.9 Å². The predicted molar refractivity (Wildman–Crippen MR) is 65.1 cm³/mol. The van der Waals surface area contributed by atoms with E-state index in [2.05, 4.69) is 5.10 Å². The van der Waals surface area contributed by atoms with Crippen molar-refractivity contribution in [3.05, 3.63) is 42.5 Å². The van der Waals surface area contributed by atoms with Crippen molar-refractivity contribution in [3.63, 3.8) is 0 Å². The van der Waals surface area contributed by atoms with E-state index in [0.717, 1.165) is 12.1 Å². The molecule has 0 radical (unpaired) electrons. The Morgan fingerprint density at radius 3 is 2.72 bits per heavy atom. The van der Waals surface area contributed by atoms with Crippen molar-refractivity contribution >= 4 is 15.5 Å². The summed E-state index contributed by atoms with van der Waals surface area (Å²) in [5.41, 5.74) is 5.52. The van der Waals surface area contributed by atoms with E-state index in [9.17, 15) is 12.8 Å². The smallest absolute Gasteiger partial charge is 0.180 e. The van der Waals surface area contributed by atoms with Crippen LogP contribution in [0.25, 0.3) is 0 Å². The summed E-state index contributed by atoms with van der Waals surface area (Å²) in [7, 11) is -3.56. The van der Waals surface area contributed by atoms with Crippen molar-refractivity contribution in [1.82, 2.24) is 9.78 Å². The lowest BCUT2D eigenvalue weighted by Gasteiger charge is -2.06. The standard InChI is InChI=1S/C11H12FN3O2S/c12-9-6-10(13)8-11(7-9)18(16,17)5-4-15-3-1-2-14-15/h1-3,6-8H,4-5,13H2. The zero-order valence-electron chi connectivity index (χ0n) is 9.45. The van der Waals surface area contributed by atoms with Crippen molar-refractivity contribution in [2.75, 3.05) is 11.5 Å². The fourth-order valence-corrected chi connectivity index (χ4v) is 2.80. The van der Waals surface area contributed by atoms with Crippen molar-refractivity contribution in [3.8, 4) is 0 Å². The first-order valence-corrected chi connectivity index (χ1v) is 6.89. The van der Waals surface area contributed by atoms with Gasteiger partial charge in [0.1, 0.15) is 5.82 Å². The van der Waals surface area contributed by atoms with E-state index in [1.165, 1.54) is 10.7 Å². The summed E-state index contributed by atoms with van der Waals surface area (Å²) in [6.07, 6.45) is 3.22. The van der Waals surface area contributed by atoms with Gasteiger partial charge < -0.3 is 5.73 Å². The van der Waals surface area contributed by atoms with Gasteiger partial charge in [-0.05, 0) is 24.3 Å². The number of nitrogen functional groups attached to an aromatic ring is 1. The fourth-order valence-electron chi connectivity index (χ4n) is 1.53. The number of nitrogens with zero attached hydrogens (tertiary/aromatic N) is 2. The highest BCUT2D eigenvalue weighted by Gasteiger charge is 2.16. The maximum atomic E-state index is 13.1. The van der Waals surface area contributed by atoms with Crippen LogP contribution in [0, 0.1) is 5.82 Å². The van der Waals surface area contributed by atoms with Gasteiger partial charge in [-0.25, -0.2) is 12.8 Å². The van der Waals surface area contributed by atoms with Crippen molar-refractivity contribution < 1.29 is 12.8 Å². The summed E-state index contributed by atoms with van der Waals surface area (Å²) in [6.45, 7) is 0.214. The van der Waals surface area contributed by atoms with Crippen LogP contribution in [-0.2, 0) is 16.4 Å². The van der Waals surface area contributed by atoms with E-state index < -0.39 is 15.7 Å². The molecular formula is C11H12FN3O2S. The zero-order valence-corrected chi connectivity index (χ0v) is 10.3. The third kappa shape index (κ3) is 2.86. The summed E-state index contributed by atoms with van der Waals surface area (Å²) in [4.78, 5) is -0.104. The number of rotatable bonds is 4. The van der Waals surface area contributed by atoms with E-state index in [0.29, 0.717) is 0 Å². The van der Waals surface area contributed by atoms with Gasteiger partial charge in [-0.3, -0.25) is 4.68 Å². The molecular weight excluding hydrogens is 257 g/mol. The summed E-state index contributed by atoms with van der Waals surface area (Å²) in [5, 5.41) is 3.90. The Morgan fingerprint density at radius 2 is 2.11 bits per heavy atom. The van der Waals surface area contributed by atoms with E-state index in [4.69, 9.17) is 5.73 Å². The molecule has 1 aromatic carbocycles. The number of benzene rings is 1. The summed E-state index contributed by atoms with van der Waals surface area (Å²) >= 11 is 0. The molecule has 0 amide bonds. The third-order valence-electron chi connectivity index (χ3n) is 2.40. The average molecular weight is 269 g/mol. The van der Waals surface area contributed by atoms with Crippen LogP contribution in [0.5, 0.6) is 0 Å². The van der Waals surface area contributed by atoms with E-state index >= 15 is 0 Å². The molecule has 0 saturated carbocycles. The van der Waals surface area contributed by atoms with Gasteiger partial charge in [0, 0.05) is 18.1 Å². The predicted octanol–water partition coefficient (Wildman–Crippen LogP) is 1.08. The molecule has 0 unspecified atom stereocenters. The van der Waals surface area contributed by atoms with Crippen molar-refractivity contribution in [2.45, 2.75) is 11.4 Å². The minimum Gasteiger partial charge on any atom is -0.399 e. The molecule has 2 aromatic rings. The molecule has 0 spiro atoms. The Bertz CT molecular complexity index is 618. The number of nitrogens with two attached hydrogens (primary N) is 1. The average Bonchev–Trinajstić information content (AvgIpc) is 2.78. The van der Waals surface area contributed by atoms with Crippen LogP contribution in [0.4, 0.5) is 10.1 Å². The minimum atomic E-state index is -3.56. The van der Waals surface area contributed by atoms with Crippen LogP contribution >= 0.6 is 0 Å². The van der Waals surface area contributed by atoms with Crippen molar-refractivity contribution in [2.24, 2.45) is 0 Å². The molecule has 5 nitrogen and oxygen atoms in total. The normalized spacial score (nSPS) is 11.6. The molecule has 0 aliphatic heterocycles. The second-order valence-electron chi connectivity index (χ2n) is 3.81. The van der Waals surface area contributed by atoms with E-state index in [1.54, 1.807) is 18.5 Å². The first kappa shape index (κ1) is 12.6. The van der Waals surface area contributed by atoms with Gasteiger partial charge in [0.2, 0.25) is 0 Å². The van der Waals surface area contributed by atoms with Crippen LogP contribution in [0.1, 0.15) is 0 Å². The minimum absolute atomic E-state index is 0.0904. The summed E-state index contributed by atoms with van der Waals surface area (Å²) in [6, 6.07) is 5.00. The van der Waals surface area contributed by atoms with Gasteiger partial charge >= 0.3 is 0 Å². The molecule has 0 atom stereocenters. The van der Waals surface area contributed by atoms with Crippen LogP contribution in [0.2, 0.25) is 0 Å². The number of anilines is 1.